The standard InChI is InChI=1S/C21H21Cl2N3O5/c1-5-29-20(27)12(4)31-21(28)16-11(3)25-10(2)15(19-26-24-9-30-19)17(16)13-7-6-8-14(22)18(13)23/h6-9,12,15,17H,5H2,1-4H3/t12-,15?,17?/m1/s1. The lowest BCUT2D eigenvalue weighted by Gasteiger charge is -2.32. The molecule has 1 aliphatic heterocycles. The Kier molecular flexibility index (Phi) is 7.12. The summed E-state index contributed by atoms with van der Waals surface area (Å²) in [5.74, 6) is -2.36. The lowest BCUT2D eigenvalue weighted by Crippen LogP contribution is -2.33. The van der Waals surface area contributed by atoms with Crippen molar-refractivity contribution >= 4 is 40.9 Å². The fraction of sp³-hybridized carbons (Fsp3) is 0.381. The van der Waals surface area contributed by atoms with Crippen molar-refractivity contribution in [2.24, 2.45) is 4.99 Å². The highest BCUT2D eigenvalue weighted by molar-refractivity contribution is 6.42. The zero-order valence-electron chi connectivity index (χ0n) is 17.4. The number of hydrogen-bond acceptors (Lipinski definition) is 8. The summed E-state index contributed by atoms with van der Waals surface area (Å²) in [6.07, 6.45) is 0.0997. The number of esters is 2. The van der Waals surface area contributed by atoms with E-state index >= 15 is 0 Å². The van der Waals surface area contributed by atoms with Gasteiger partial charge in [0.15, 0.2) is 6.10 Å². The predicted octanol–water partition coefficient (Wildman–Crippen LogP) is 4.49. The van der Waals surface area contributed by atoms with Gasteiger partial charge in [0.1, 0.15) is 0 Å². The van der Waals surface area contributed by atoms with Crippen LogP contribution in [0.4, 0.5) is 0 Å². The molecule has 0 saturated carbocycles. The third-order valence-electron chi connectivity index (χ3n) is 4.91. The molecule has 3 atom stereocenters. The van der Waals surface area contributed by atoms with Gasteiger partial charge in [-0.05, 0) is 39.3 Å². The van der Waals surface area contributed by atoms with Gasteiger partial charge in [0, 0.05) is 17.3 Å². The summed E-state index contributed by atoms with van der Waals surface area (Å²) in [6.45, 7) is 6.77. The van der Waals surface area contributed by atoms with Gasteiger partial charge in [-0.1, -0.05) is 35.3 Å². The Bertz CT molecular complexity index is 1050. The summed E-state index contributed by atoms with van der Waals surface area (Å²) >= 11 is 12.8. The van der Waals surface area contributed by atoms with Crippen LogP contribution in [0.5, 0.6) is 0 Å². The van der Waals surface area contributed by atoms with Crippen LogP contribution in [0.25, 0.3) is 0 Å². The van der Waals surface area contributed by atoms with Gasteiger partial charge in [-0.25, -0.2) is 9.59 Å². The van der Waals surface area contributed by atoms with Crippen LogP contribution in [0.15, 0.2) is 45.3 Å². The van der Waals surface area contributed by atoms with E-state index in [0.29, 0.717) is 22.0 Å². The molecule has 0 saturated heterocycles. The second-order valence-corrected chi connectivity index (χ2v) is 7.71. The van der Waals surface area contributed by atoms with Crippen LogP contribution >= 0.6 is 23.2 Å². The van der Waals surface area contributed by atoms with Crippen molar-refractivity contribution in [2.45, 2.75) is 45.6 Å². The highest BCUT2D eigenvalue weighted by Crippen LogP contribution is 2.47. The second-order valence-electron chi connectivity index (χ2n) is 6.93. The Hall–Kier alpha value is -2.71. The summed E-state index contributed by atoms with van der Waals surface area (Å²) < 4.78 is 15.8. The predicted molar refractivity (Wildman–Crippen MR) is 114 cm³/mol. The maximum absolute atomic E-state index is 13.2. The van der Waals surface area contributed by atoms with E-state index in [1.807, 2.05) is 0 Å². The molecule has 10 heteroatoms. The monoisotopic (exact) mass is 465 g/mol. The number of aliphatic imine (C=N–C) groups is 1. The summed E-state index contributed by atoms with van der Waals surface area (Å²) in [4.78, 5) is 29.7. The summed E-state index contributed by atoms with van der Waals surface area (Å²) in [7, 11) is 0. The Morgan fingerprint density at radius 1 is 1.23 bits per heavy atom. The van der Waals surface area contributed by atoms with Gasteiger partial charge in [0.25, 0.3) is 0 Å². The summed E-state index contributed by atoms with van der Waals surface area (Å²) in [6, 6.07) is 5.14. The average molecular weight is 466 g/mol. The number of aromatic nitrogens is 2. The van der Waals surface area contributed by atoms with Crippen molar-refractivity contribution in [3.8, 4) is 0 Å². The first-order chi connectivity index (χ1) is 14.8. The van der Waals surface area contributed by atoms with E-state index in [9.17, 15) is 9.59 Å². The van der Waals surface area contributed by atoms with E-state index < -0.39 is 29.9 Å². The highest BCUT2D eigenvalue weighted by atomic mass is 35.5. The molecule has 164 valence electrons. The zero-order valence-corrected chi connectivity index (χ0v) is 18.9. The van der Waals surface area contributed by atoms with Crippen LogP contribution in [0, 0.1) is 0 Å². The lowest BCUT2D eigenvalue weighted by molar-refractivity contribution is -0.164. The molecular formula is C21H21Cl2N3O5. The Labute approximate surface area is 189 Å². The molecule has 8 nitrogen and oxygen atoms in total. The van der Waals surface area contributed by atoms with Gasteiger partial charge < -0.3 is 13.9 Å². The van der Waals surface area contributed by atoms with Crippen molar-refractivity contribution in [3.05, 3.63) is 57.4 Å². The molecule has 0 amide bonds. The molecule has 1 aromatic carbocycles. The molecule has 0 N–H and O–H groups in total. The van der Waals surface area contributed by atoms with Gasteiger partial charge in [-0.2, -0.15) is 0 Å². The smallest absolute Gasteiger partial charge is 0.347 e. The maximum Gasteiger partial charge on any atom is 0.347 e. The largest absolute Gasteiger partial charge is 0.463 e. The fourth-order valence-electron chi connectivity index (χ4n) is 3.57. The molecule has 0 fully saturated rings. The third-order valence-corrected chi connectivity index (χ3v) is 5.74. The minimum absolute atomic E-state index is 0.173. The van der Waals surface area contributed by atoms with Crippen molar-refractivity contribution in [1.82, 2.24) is 10.2 Å². The Morgan fingerprint density at radius 3 is 2.61 bits per heavy atom. The Morgan fingerprint density at radius 2 is 1.97 bits per heavy atom. The molecule has 1 aliphatic rings. The molecule has 31 heavy (non-hydrogen) atoms. The quantitative estimate of drug-likeness (QED) is 0.578. The van der Waals surface area contributed by atoms with Crippen molar-refractivity contribution in [2.75, 3.05) is 6.61 Å². The summed E-state index contributed by atoms with van der Waals surface area (Å²) in [5, 5.41) is 8.39. The normalized spacial score (nSPS) is 19.6. The van der Waals surface area contributed by atoms with E-state index in [4.69, 9.17) is 37.1 Å². The molecule has 3 rings (SSSR count). The van der Waals surface area contributed by atoms with E-state index in [0.717, 1.165) is 0 Å². The van der Waals surface area contributed by atoms with Crippen molar-refractivity contribution < 1.29 is 23.5 Å². The number of carbonyl (C=O) groups excluding carboxylic acids is 2. The van der Waals surface area contributed by atoms with E-state index in [1.165, 1.54) is 13.3 Å². The molecule has 2 heterocycles. The molecule has 0 spiro atoms. The van der Waals surface area contributed by atoms with Crippen LogP contribution in [0.2, 0.25) is 10.0 Å². The lowest BCUT2D eigenvalue weighted by atomic mass is 9.75. The summed E-state index contributed by atoms with van der Waals surface area (Å²) in [5.41, 5.74) is 1.86. The first kappa shape index (κ1) is 23.0. The average Bonchev–Trinajstić information content (AvgIpc) is 3.23. The zero-order chi connectivity index (χ0) is 22.7. The van der Waals surface area contributed by atoms with Crippen LogP contribution in [-0.4, -0.2) is 40.6 Å². The molecule has 0 bridgehead atoms. The molecule has 0 radical (unpaired) electrons. The van der Waals surface area contributed by atoms with E-state index in [1.54, 1.807) is 39.0 Å². The van der Waals surface area contributed by atoms with E-state index in [-0.39, 0.29) is 23.1 Å². The van der Waals surface area contributed by atoms with Crippen molar-refractivity contribution in [1.29, 1.82) is 0 Å². The first-order valence-corrected chi connectivity index (χ1v) is 10.3. The van der Waals surface area contributed by atoms with Crippen molar-refractivity contribution in [3.63, 3.8) is 0 Å². The highest BCUT2D eigenvalue weighted by Gasteiger charge is 2.42. The van der Waals surface area contributed by atoms with Crippen LogP contribution in [0.3, 0.4) is 0 Å². The molecular weight excluding hydrogens is 445 g/mol. The van der Waals surface area contributed by atoms with Gasteiger partial charge >= 0.3 is 11.9 Å². The number of nitrogens with zero attached hydrogens (tertiary/aromatic N) is 3. The number of benzene rings is 1. The van der Waals surface area contributed by atoms with Crippen LogP contribution < -0.4 is 0 Å². The minimum atomic E-state index is -1.10. The SMILES string of the molecule is CCOC(=O)[C@@H](C)OC(=O)C1=C(C)N=C(C)C(c2nnco2)C1c1cccc(Cl)c1Cl. The number of halogens is 2. The van der Waals surface area contributed by atoms with Gasteiger partial charge in [0.05, 0.1) is 28.1 Å². The number of ether oxygens (including phenoxy) is 2. The van der Waals surface area contributed by atoms with Crippen LogP contribution in [-0.2, 0) is 19.1 Å². The van der Waals surface area contributed by atoms with E-state index in [2.05, 4.69) is 15.2 Å². The second kappa shape index (κ2) is 9.62. The third kappa shape index (κ3) is 4.65. The minimum Gasteiger partial charge on any atom is -0.463 e. The molecule has 1 aromatic heterocycles. The first-order valence-electron chi connectivity index (χ1n) is 9.59. The van der Waals surface area contributed by atoms with Gasteiger partial charge in [-0.15, -0.1) is 10.2 Å². The number of rotatable bonds is 6. The Balaban J connectivity index is 2.11. The number of hydrogen-bond donors (Lipinski definition) is 0. The number of carbonyl (C=O) groups is 2. The topological polar surface area (TPSA) is 104 Å². The molecule has 2 unspecified atom stereocenters. The molecule has 2 aromatic rings. The van der Waals surface area contributed by atoms with Crippen LogP contribution in [0.1, 0.15) is 51.0 Å². The fourth-order valence-corrected chi connectivity index (χ4v) is 3.99. The number of allylic oxidation sites excluding steroid dienone is 1. The maximum atomic E-state index is 13.2. The van der Waals surface area contributed by atoms with Gasteiger partial charge in [0.2, 0.25) is 12.3 Å². The van der Waals surface area contributed by atoms with Gasteiger partial charge in [-0.3, -0.25) is 4.99 Å². The molecule has 0 aliphatic carbocycles.